The summed E-state index contributed by atoms with van der Waals surface area (Å²) >= 11 is 0. The Morgan fingerprint density at radius 3 is 2.67 bits per heavy atom. The highest BCUT2D eigenvalue weighted by Gasteiger charge is 2.36. The summed E-state index contributed by atoms with van der Waals surface area (Å²) in [6.07, 6.45) is -0.429. The van der Waals surface area contributed by atoms with Crippen molar-refractivity contribution in [1.29, 1.82) is 0 Å². The molecule has 7 nitrogen and oxygen atoms in total. The minimum atomic E-state index is -0.804. The molecule has 0 unspecified atom stereocenters. The molecule has 2 heterocycles. The second kappa shape index (κ2) is 4.68. The first-order valence-electron chi connectivity index (χ1n) is 5.66. The summed E-state index contributed by atoms with van der Waals surface area (Å²) in [6, 6.07) is 0. The highest BCUT2D eigenvalue weighted by Crippen LogP contribution is 2.30. The standard InChI is InChI=1S/C11H16N2O5/c1-12-4-6(10(16)13(2)11(12)17)8-3-7(15)9(5-14)18-8/h4,7-9,14-15H,3,5H2,1-2H3/t7-,8+,9+/m0/s1. The van der Waals surface area contributed by atoms with Crippen LogP contribution in [0.2, 0.25) is 0 Å². The molecule has 1 aromatic heterocycles. The minimum absolute atomic E-state index is 0.235. The molecule has 1 fully saturated rings. The van der Waals surface area contributed by atoms with E-state index in [2.05, 4.69) is 0 Å². The summed E-state index contributed by atoms with van der Waals surface area (Å²) in [7, 11) is 2.93. The van der Waals surface area contributed by atoms with Crippen molar-refractivity contribution in [1.82, 2.24) is 9.13 Å². The van der Waals surface area contributed by atoms with Crippen LogP contribution in [0.4, 0.5) is 0 Å². The van der Waals surface area contributed by atoms with Gasteiger partial charge in [0.2, 0.25) is 0 Å². The predicted octanol–water partition coefficient (Wildman–Crippen LogP) is -1.73. The van der Waals surface area contributed by atoms with Gasteiger partial charge in [-0.1, -0.05) is 0 Å². The lowest BCUT2D eigenvalue weighted by Gasteiger charge is -2.13. The molecule has 0 aliphatic carbocycles. The molecule has 100 valence electrons. The first-order chi connectivity index (χ1) is 8.45. The van der Waals surface area contributed by atoms with Gasteiger partial charge >= 0.3 is 5.69 Å². The molecule has 7 heteroatoms. The van der Waals surface area contributed by atoms with Crippen molar-refractivity contribution < 1.29 is 14.9 Å². The quantitative estimate of drug-likeness (QED) is 0.655. The highest BCUT2D eigenvalue weighted by molar-refractivity contribution is 5.12. The van der Waals surface area contributed by atoms with Crippen LogP contribution in [-0.2, 0) is 18.8 Å². The van der Waals surface area contributed by atoms with Gasteiger partial charge in [0.25, 0.3) is 5.56 Å². The fourth-order valence-electron chi connectivity index (χ4n) is 2.15. The van der Waals surface area contributed by atoms with Gasteiger partial charge in [0.05, 0.1) is 24.4 Å². The number of ether oxygens (including phenoxy) is 1. The van der Waals surface area contributed by atoms with E-state index in [-0.39, 0.29) is 13.0 Å². The first kappa shape index (κ1) is 13.0. The predicted molar refractivity (Wildman–Crippen MR) is 62.2 cm³/mol. The van der Waals surface area contributed by atoms with E-state index in [4.69, 9.17) is 9.84 Å². The topological polar surface area (TPSA) is 93.7 Å². The fraction of sp³-hybridized carbons (Fsp3) is 0.636. The second-order valence-corrected chi connectivity index (χ2v) is 4.49. The number of aromatic nitrogens is 2. The molecule has 2 N–H and O–H groups in total. The molecular weight excluding hydrogens is 240 g/mol. The third kappa shape index (κ3) is 2.00. The van der Waals surface area contributed by atoms with Crippen molar-refractivity contribution in [2.24, 2.45) is 14.1 Å². The molecule has 0 radical (unpaired) electrons. The van der Waals surface area contributed by atoms with Crippen molar-refractivity contribution in [3.63, 3.8) is 0 Å². The Balaban J connectivity index is 2.42. The average molecular weight is 256 g/mol. The van der Waals surface area contributed by atoms with Crippen molar-refractivity contribution in [3.8, 4) is 0 Å². The van der Waals surface area contributed by atoms with Crippen molar-refractivity contribution in [2.75, 3.05) is 6.61 Å². The number of rotatable bonds is 2. The SMILES string of the molecule is Cn1cc([C@H]2C[C@H](O)[C@@H](CO)O2)c(=O)n(C)c1=O. The van der Waals surface area contributed by atoms with Gasteiger partial charge in [-0.05, 0) is 0 Å². The van der Waals surface area contributed by atoms with Crippen LogP contribution in [0, 0.1) is 0 Å². The van der Waals surface area contributed by atoms with Crippen LogP contribution in [-0.4, -0.2) is 38.2 Å². The smallest absolute Gasteiger partial charge is 0.330 e. The number of aliphatic hydroxyl groups excluding tert-OH is 2. The first-order valence-corrected chi connectivity index (χ1v) is 5.66. The fourth-order valence-corrected chi connectivity index (χ4v) is 2.15. The molecule has 18 heavy (non-hydrogen) atoms. The minimum Gasteiger partial charge on any atom is -0.394 e. The van der Waals surface area contributed by atoms with E-state index in [1.807, 2.05) is 0 Å². The summed E-state index contributed by atoms with van der Waals surface area (Å²) in [5.74, 6) is 0. The third-order valence-electron chi connectivity index (χ3n) is 3.22. The zero-order valence-electron chi connectivity index (χ0n) is 10.2. The lowest BCUT2D eigenvalue weighted by Crippen LogP contribution is -2.39. The van der Waals surface area contributed by atoms with Crippen LogP contribution >= 0.6 is 0 Å². The summed E-state index contributed by atoms with van der Waals surface area (Å²) in [6.45, 7) is -0.302. The molecule has 1 aliphatic rings. The van der Waals surface area contributed by atoms with Gasteiger partial charge in [-0.15, -0.1) is 0 Å². The van der Waals surface area contributed by atoms with Crippen LogP contribution in [0.15, 0.2) is 15.8 Å². The molecule has 2 rings (SSSR count). The van der Waals surface area contributed by atoms with Gasteiger partial charge in [-0.2, -0.15) is 0 Å². The Morgan fingerprint density at radius 2 is 2.11 bits per heavy atom. The van der Waals surface area contributed by atoms with Gasteiger partial charge in [-0.25, -0.2) is 4.79 Å². The lowest BCUT2D eigenvalue weighted by atomic mass is 10.1. The van der Waals surface area contributed by atoms with E-state index in [0.29, 0.717) is 5.56 Å². The van der Waals surface area contributed by atoms with E-state index >= 15 is 0 Å². The van der Waals surface area contributed by atoms with Gasteiger partial charge in [0.15, 0.2) is 0 Å². The van der Waals surface area contributed by atoms with E-state index < -0.39 is 29.6 Å². The molecule has 1 saturated heterocycles. The largest absolute Gasteiger partial charge is 0.394 e. The van der Waals surface area contributed by atoms with Crippen LogP contribution < -0.4 is 11.2 Å². The summed E-state index contributed by atoms with van der Waals surface area (Å²) < 4.78 is 7.70. The van der Waals surface area contributed by atoms with Gasteiger partial charge in [0.1, 0.15) is 6.10 Å². The zero-order valence-corrected chi connectivity index (χ0v) is 10.2. The Morgan fingerprint density at radius 1 is 1.44 bits per heavy atom. The number of nitrogens with zero attached hydrogens (tertiary/aromatic N) is 2. The highest BCUT2D eigenvalue weighted by atomic mass is 16.5. The van der Waals surface area contributed by atoms with Crippen LogP contribution in [0.3, 0.4) is 0 Å². The number of hydrogen-bond donors (Lipinski definition) is 2. The van der Waals surface area contributed by atoms with E-state index in [1.165, 1.54) is 17.8 Å². The Bertz CT molecular complexity index is 562. The molecule has 0 aromatic carbocycles. The molecule has 1 aromatic rings. The average Bonchev–Trinajstić information content (AvgIpc) is 2.72. The summed E-state index contributed by atoms with van der Waals surface area (Å²) in [5.41, 5.74) is -0.538. The number of aryl methyl sites for hydroxylation is 1. The number of aliphatic hydroxyl groups is 2. The molecule has 0 saturated carbocycles. The zero-order chi connectivity index (χ0) is 13.4. The molecule has 0 spiro atoms. The van der Waals surface area contributed by atoms with Gasteiger partial charge in [0, 0.05) is 26.7 Å². The van der Waals surface area contributed by atoms with Crippen molar-refractivity contribution in [2.45, 2.75) is 24.7 Å². The van der Waals surface area contributed by atoms with Crippen LogP contribution in [0.5, 0.6) is 0 Å². The molecule has 0 bridgehead atoms. The Kier molecular flexibility index (Phi) is 3.38. The Labute approximate surface area is 103 Å². The normalized spacial score (nSPS) is 27.7. The second-order valence-electron chi connectivity index (χ2n) is 4.49. The lowest BCUT2D eigenvalue weighted by molar-refractivity contribution is -0.0231. The van der Waals surface area contributed by atoms with E-state index in [0.717, 1.165) is 4.57 Å². The van der Waals surface area contributed by atoms with E-state index in [1.54, 1.807) is 7.05 Å². The maximum atomic E-state index is 12.0. The summed E-state index contributed by atoms with van der Waals surface area (Å²) in [4.78, 5) is 23.5. The van der Waals surface area contributed by atoms with Crippen LogP contribution in [0.1, 0.15) is 18.1 Å². The van der Waals surface area contributed by atoms with Crippen LogP contribution in [0.25, 0.3) is 0 Å². The number of hydrogen-bond acceptors (Lipinski definition) is 5. The van der Waals surface area contributed by atoms with Gasteiger partial charge < -0.3 is 19.5 Å². The molecule has 0 amide bonds. The van der Waals surface area contributed by atoms with Gasteiger partial charge in [-0.3, -0.25) is 9.36 Å². The molecule has 1 aliphatic heterocycles. The maximum absolute atomic E-state index is 12.0. The Hall–Kier alpha value is -1.44. The molecular formula is C11H16N2O5. The van der Waals surface area contributed by atoms with E-state index in [9.17, 15) is 14.7 Å². The monoisotopic (exact) mass is 256 g/mol. The maximum Gasteiger partial charge on any atom is 0.330 e. The van der Waals surface area contributed by atoms with Crippen molar-refractivity contribution in [3.05, 3.63) is 32.6 Å². The van der Waals surface area contributed by atoms with Crippen molar-refractivity contribution >= 4 is 0 Å². The third-order valence-corrected chi connectivity index (χ3v) is 3.22. The summed E-state index contributed by atoms with van der Waals surface area (Å²) in [5, 5.41) is 18.6. The molecule has 3 atom stereocenters.